The molecule has 0 fully saturated rings. The molecule has 6 rings (SSSR count). The van der Waals surface area contributed by atoms with E-state index in [1.807, 2.05) is 54.6 Å². The van der Waals surface area contributed by atoms with Gasteiger partial charge >= 0.3 is 0 Å². The van der Waals surface area contributed by atoms with Crippen LogP contribution in [0.5, 0.6) is 5.75 Å². The van der Waals surface area contributed by atoms with Gasteiger partial charge < -0.3 is 30.1 Å². The number of methoxy groups -OCH3 is 1. The Kier molecular flexibility index (Phi) is 9.43. The van der Waals surface area contributed by atoms with E-state index in [1.54, 1.807) is 78.4 Å². The fraction of sp³-hybridized carbons (Fsp3) is 0.256. The first-order valence-corrected chi connectivity index (χ1v) is 16.0. The molecule has 0 aliphatic carbocycles. The molecule has 9 heteroatoms. The van der Waals surface area contributed by atoms with E-state index in [0.717, 1.165) is 16.7 Å². The van der Waals surface area contributed by atoms with Crippen LogP contribution < -0.4 is 15.0 Å². The summed E-state index contributed by atoms with van der Waals surface area (Å²) >= 11 is 0. The number of aliphatic hydroxyl groups is 2. The van der Waals surface area contributed by atoms with Crippen molar-refractivity contribution in [2.75, 3.05) is 23.9 Å². The van der Waals surface area contributed by atoms with Crippen molar-refractivity contribution in [1.82, 2.24) is 4.90 Å². The molecule has 0 aromatic heterocycles. The molecule has 0 spiro atoms. The van der Waals surface area contributed by atoms with E-state index in [4.69, 9.17) is 4.74 Å². The zero-order chi connectivity index (χ0) is 33.8. The molecule has 0 saturated carbocycles. The molecule has 0 saturated heterocycles. The van der Waals surface area contributed by atoms with Gasteiger partial charge in [0.25, 0.3) is 11.8 Å². The third-order valence-electron chi connectivity index (χ3n) is 9.33. The maximum Gasteiger partial charge on any atom is 0.264 e. The highest BCUT2D eigenvalue weighted by molar-refractivity contribution is 6.09. The average molecular weight is 646 g/mol. The molecule has 2 aliphatic rings. The molecule has 0 bridgehead atoms. The highest BCUT2D eigenvalue weighted by Crippen LogP contribution is 2.47. The van der Waals surface area contributed by atoms with E-state index >= 15 is 0 Å². The Hall–Kier alpha value is -5.25. The number of anilines is 2. The van der Waals surface area contributed by atoms with Gasteiger partial charge in [0.15, 0.2) is 5.60 Å². The van der Waals surface area contributed by atoms with Crippen LogP contribution in [-0.2, 0) is 34.7 Å². The van der Waals surface area contributed by atoms with Crippen molar-refractivity contribution >= 4 is 29.1 Å². The molecule has 3 N–H and O–H groups in total. The van der Waals surface area contributed by atoms with Crippen molar-refractivity contribution in [3.8, 4) is 5.75 Å². The van der Waals surface area contributed by atoms with Gasteiger partial charge in [0, 0.05) is 35.7 Å². The van der Waals surface area contributed by atoms with Crippen LogP contribution in [0.15, 0.2) is 109 Å². The van der Waals surface area contributed by atoms with Gasteiger partial charge in [0.05, 0.1) is 32.0 Å². The average Bonchev–Trinajstić information content (AvgIpc) is 3.33. The van der Waals surface area contributed by atoms with Crippen LogP contribution in [0.25, 0.3) is 0 Å². The lowest BCUT2D eigenvalue weighted by atomic mass is 9.82. The largest absolute Gasteiger partial charge is 0.497 e. The predicted octanol–water partition coefficient (Wildman–Crippen LogP) is 5.21. The van der Waals surface area contributed by atoms with E-state index in [-0.39, 0.29) is 37.4 Å². The Morgan fingerprint density at radius 2 is 1.71 bits per heavy atom. The third kappa shape index (κ3) is 6.34. The van der Waals surface area contributed by atoms with Crippen molar-refractivity contribution in [3.63, 3.8) is 0 Å². The van der Waals surface area contributed by atoms with Gasteiger partial charge in [-0.3, -0.25) is 14.4 Å². The molecule has 3 amide bonds. The minimum Gasteiger partial charge on any atom is -0.497 e. The summed E-state index contributed by atoms with van der Waals surface area (Å²) in [6, 6.07) is 28.9. The smallest absolute Gasteiger partial charge is 0.264 e. The minimum absolute atomic E-state index is 0.0474. The van der Waals surface area contributed by atoms with E-state index in [0.29, 0.717) is 41.2 Å². The topological polar surface area (TPSA) is 119 Å². The first kappa shape index (κ1) is 32.7. The normalized spacial score (nSPS) is 19.2. The molecule has 2 heterocycles. The quantitative estimate of drug-likeness (QED) is 0.204. The second kappa shape index (κ2) is 13.9. The number of benzene rings is 4. The van der Waals surface area contributed by atoms with Crippen molar-refractivity contribution in [2.45, 2.75) is 44.5 Å². The van der Waals surface area contributed by atoms with E-state index < -0.39 is 17.4 Å². The van der Waals surface area contributed by atoms with Crippen LogP contribution in [0.2, 0.25) is 0 Å². The van der Waals surface area contributed by atoms with Crippen molar-refractivity contribution < 1.29 is 29.3 Å². The number of hydrogen-bond donors (Lipinski definition) is 3. The number of amides is 3. The molecule has 246 valence electrons. The number of aliphatic hydroxyl groups excluding tert-OH is 1. The maximum absolute atomic E-state index is 14.1. The Morgan fingerprint density at radius 3 is 2.42 bits per heavy atom. The van der Waals surface area contributed by atoms with Crippen LogP contribution in [0, 0.1) is 5.92 Å². The van der Waals surface area contributed by atoms with Gasteiger partial charge in [-0.2, -0.15) is 0 Å². The fourth-order valence-corrected chi connectivity index (χ4v) is 6.57. The third-order valence-corrected chi connectivity index (χ3v) is 9.33. The highest BCUT2D eigenvalue weighted by Gasteiger charge is 2.52. The van der Waals surface area contributed by atoms with Gasteiger partial charge in [-0.1, -0.05) is 73.7 Å². The number of hydrogen-bond acceptors (Lipinski definition) is 6. The van der Waals surface area contributed by atoms with Crippen LogP contribution in [0.1, 0.15) is 46.0 Å². The van der Waals surface area contributed by atoms with Crippen LogP contribution in [-0.4, -0.2) is 52.6 Å². The summed E-state index contributed by atoms with van der Waals surface area (Å²) < 4.78 is 5.19. The Balaban J connectivity index is 1.25. The van der Waals surface area contributed by atoms with Crippen molar-refractivity contribution in [3.05, 3.63) is 137 Å². The lowest BCUT2D eigenvalue weighted by Crippen LogP contribution is -2.46. The van der Waals surface area contributed by atoms with Gasteiger partial charge in [-0.05, 0) is 65.6 Å². The molecule has 2 aliphatic heterocycles. The Morgan fingerprint density at radius 1 is 1.00 bits per heavy atom. The molecular weight excluding hydrogens is 606 g/mol. The molecule has 9 nitrogen and oxygen atoms in total. The van der Waals surface area contributed by atoms with E-state index in [1.165, 1.54) is 0 Å². The molecule has 48 heavy (non-hydrogen) atoms. The summed E-state index contributed by atoms with van der Waals surface area (Å²) in [5, 5.41) is 25.2. The van der Waals surface area contributed by atoms with Gasteiger partial charge in [-0.25, -0.2) is 0 Å². The lowest BCUT2D eigenvalue weighted by Gasteiger charge is -2.36. The SMILES string of the molecule is COc1ccc(C(=O)Nc2ccc3c(c2)[C@](O)([C@@H](C)/C=C/CC(=O)N2Cc4ccccc4C[C@H]2CO)C(=O)N3Cc2ccccc2)cc1. The second-order valence-electron chi connectivity index (χ2n) is 12.3. The van der Waals surface area contributed by atoms with Crippen LogP contribution >= 0.6 is 0 Å². The monoisotopic (exact) mass is 645 g/mol. The minimum atomic E-state index is -1.96. The molecule has 4 aromatic rings. The standard InChI is InChI=1S/C39H39N3O6/c1-26(9-8-14-36(44)41-24-30-13-7-6-12-29(30)21-32(41)25-43)39(47)34-22-31(40-37(45)28-15-18-33(48-2)19-16-28)17-20-35(34)42(38(39)46)23-27-10-4-3-5-11-27/h3-13,15-20,22,26,32,43,47H,14,21,23-25H2,1-2H3,(H,40,45)/b9-8+/t26-,32-,39+/m0/s1. The van der Waals surface area contributed by atoms with Crippen molar-refractivity contribution in [2.24, 2.45) is 5.92 Å². The number of nitrogens with one attached hydrogen (secondary N) is 1. The zero-order valence-corrected chi connectivity index (χ0v) is 27.0. The molecule has 4 aromatic carbocycles. The summed E-state index contributed by atoms with van der Waals surface area (Å²) in [6.07, 6.45) is 4.01. The number of fused-ring (bicyclic) bond motifs is 2. The van der Waals surface area contributed by atoms with E-state index in [9.17, 15) is 24.6 Å². The second-order valence-corrected chi connectivity index (χ2v) is 12.3. The molecule has 3 atom stereocenters. The number of ether oxygens (including phenoxy) is 1. The number of carbonyl (C=O) groups excluding carboxylic acids is 3. The molecule has 0 unspecified atom stereocenters. The first-order valence-electron chi connectivity index (χ1n) is 16.0. The molecular formula is C39H39N3O6. The van der Waals surface area contributed by atoms with Gasteiger partial charge in [-0.15, -0.1) is 0 Å². The Labute approximate surface area is 280 Å². The number of nitrogens with zero attached hydrogens (tertiary/aromatic N) is 2. The number of carbonyl (C=O) groups is 3. The molecule has 0 radical (unpaired) electrons. The van der Waals surface area contributed by atoms with E-state index in [2.05, 4.69) is 5.32 Å². The summed E-state index contributed by atoms with van der Waals surface area (Å²) in [6.45, 7) is 2.27. The maximum atomic E-state index is 14.1. The van der Waals surface area contributed by atoms with Crippen LogP contribution in [0.3, 0.4) is 0 Å². The van der Waals surface area contributed by atoms with Crippen molar-refractivity contribution in [1.29, 1.82) is 0 Å². The lowest BCUT2D eigenvalue weighted by molar-refractivity contribution is -0.139. The first-order chi connectivity index (χ1) is 23.2. The van der Waals surface area contributed by atoms with Gasteiger partial charge in [0.2, 0.25) is 5.91 Å². The highest BCUT2D eigenvalue weighted by atomic mass is 16.5. The summed E-state index contributed by atoms with van der Waals surface area (Å²) in [5.74, 6) is -1.08. The van der Waals surface area contributed by atoms with Gasteiger partial charge in [0.1, 0.15) is 5.75 Å². The zero-order valence-electron chi connectivity index (χ0n) is 27.0. The van der Waals surface area contributed by atoms with Crippen LogP contribution in [0.4, 0.5) is 11.4 Å². The predicted molar refractivity (Wildman–Crippen MR) is 183 cm³/mol. The fourth-order valence-electron chi connectivity index (χ4n) is 6.57. The summed E-state index contributed by atoms with van der Waals surface area (Å²) in [5.41, 5.74) is 2.89. The summed E-state index contributed by atoms with van der Waals surface area (Å²) in [7, 11) is 1.55. The Bertz CT molecular complexity index is 1840. The summed E-state index contributed by atoms with van der Waals surface area (Å²) in [4.78, 5) is 43.8. The number of rotatable bonds is 10.